The topological polar surface area (TPSA) is 91.9 Å². The second kappa shape index (κ2) is 9.85. The fourth-order valence-electron chi connectivity index (χ4n) is 4.93. The van der Waals surface area contributed by atoms with Gasteiger partial charge < -0.3 is 24.5 Å². The number of nitrogens with zero attached hydrogens (tertiary/aromatic N) is 1. The summed E-state index contributed by atoms with van der Waals surface area (Å²) in [6.07, 6.45) is 2.40. The van der Waals surface area contributed by atoms with E-state index in [-0.39, 0.29) is 17.9 Å². The number of ether oxygens (including phenoxy) is 2. The molecule has 37 heavy (non-hydrogen) atoms. The molecule has 5 rings (SSSR count). The first kappa shape index (κ1) is 24.2. The quantitative estimate of drug-likeness (QED) is 0.210. The molecule has 1 aliphatic rings. The predicted molar refractivity (Wildman–Crippen MR) is 142 cm³/mol. The molecular formula is C30H28N2O5. The van der Waals surface area contributed by atoms with E-state index < -0.39 is 17.7 Å². The number of carbonyl (C=O) groups excluding carboxylic acids is 2. The summed E-state index contributed by atoms with van der Waals surface area (Å²) in [6.45, 7) is 2.21. The minimum absolute atomic E-state index is 0.0546. The third-order valence-electron chi connectivity index (χ3n) is 6.90. The van der Waals surface area contributed by atoms with E-state index in [1.807, 2.05) is 61.7 Å². The number of nitrogens with one attached hydrogen (secondary N) is 1. The Kier molecular flexibility index (Phi) is 6.44. The lowest BCUT2D eigenvalue weighted by atomic mass is 9.94. The number of benzene rings is 3. The highest BCUT2D eigenvalue weighted by Gasteiger charge is 2.46. The van der Waals surface area contributed by atoms with Crippen LogP contribution in [0.5, 0.6) is 11.5 Å². The highest BCUT2D eigenvalue weighted by atomic mass is 16.5. The van der Waals surface area contributed by atoms with E-state index in [0.717, 1.165) is 27.8 Å². The van der Waals surface area contributed by atoms with Crippen LogP contribution >= 0.6 is 0 Å². The number of aliphatic hydroxyl groups is 1. The molecule has 0 radical (unpaired) electrons. The van der Waals surface area contributed by atoms with Crippen LogP contribution in [-0.2, 0) is 16.0 Å². The summed E-state index contributed by atoms with van der Waals surface area (Å²) >= 11 is 0. The van der Waals surface area contributed by atoms with E-state index in [0.29, 0.717) is 23.3 Å². The van der Waals surface area contributed by atoms with Gasteiger partial charge >= 0.3 is 0 Å². The fraction of sp³-hybridized carbons (Fsp3) is 0.200. The number of ketones is 1. The molecule has 7 nitrogen and oxygen atoms in total. The molecule has 1 aromatic heterocycles. The first-order chi connectivity index (χ1) is 17.9. The Bertz CT molecular complexity index is 1520. The summed E-state index contributed by atoms with van der Waals surface area (Å²) in [5.74, 6) is -0.294. The Balaban J connectivity index is 1.58. The Morgan fingerprint density at radius 1 is 1.00 bits per heavy atom. The number of hydrogen-bond donors (Lipinski definition) is 2. The van der Waals surface area contributed by atoms with Crippen LogP contribution in [-0.4, -0.2) is 47.4 Å². The van der Waals surface area contributed by atoms with Crippen molar-refractivity contribution in [2.75, 3.05) is 20.8 Å². The number of carbonyl (C=O) groups is 2. The van der Waals surface area contributed by atoms with Gasteiger partial charge in [-0.05, 0) is 43.2 Å². The van der Waals surface area contributed by atoms with Crippen LogP contribution in [0.4, 0.5) is 0 Å². The molecule has 2 heterocycles. The van der Waals surface area contributed by atoms with Gasteiger partial charge in [0.15, 0.2) is 0 Å². The van der Waals surface area contributed by atoms with Gasteiger partial charge in [-0.2, -0.15) is 0 Å². The summed E-state index contributed by atoms with van der Waals surface area (Å²) in [5, 5.41) is 12.3. The standard InChI is InChI=1S/C30H28N2O5/c1-18-8-10-19(11-9-18)28(33)26-27(22-6-4-5-7-25(22)37-3)32(30(35)29(26)34)15-14-20-17-31-24-13-12-21(36-2)16-23(20)24/h4-13,16-17,27,31,33H,14-15H2,1-3H3/t27-/m1/s1. The van der Waals surface area contributed by atoms with Gasteiger partial charge in [-0.15, -0.1) is 0 Å². The van der Waals surface area contributed by atoms with Crippen molar-refractivity contribution < 1.29 is 24.2 Å². The summed E-state index contributed by atoms with van der Waals surface area (Å²) in [5.41, 5.74) is 4.14. The molecule has 3 aromatic carbocycles. The number of H-pyrrole nitrogens is 1. The number of fused-ring (bicyclic) bond motifs is 1. The molecule has 4 aromatic rings. The maximum absolute atomic E-state index is 13.4. The molecule has 2 N–H and O–H groups in total. The molecule has 0 bridgehead atoms. The zero-order valence-corrected chi connectivity index (χ0v) is 20.9. The Morgan fingerprint density at radius 3 is 2.49 bits per heavy atom. The number of aliphatic hydroxyl groups excluding tert-OH is 1. The van der Waals surface area contributed by atoms with Crippen LogP contribution in [0, 0.1) is 6.92 Å². The molecular weight excluding hydrogens is 468 g/mol. The zero-order chi connectivity index (χ0) is 26.1. The van der Waals surface area contributed by atoms with Gasteiger partial charge in [0, 0.05) is 34.8 Å². The van der Waals surface area contributed by atoms with Crippen molar-refractivity contribution in [2.24, 2.45) is 0 Å². The maximum atomic E-state index is 13.4. The van der Waals surface area contributed by atoms with Crippen molar-refractivity contribution in [1.82, 2.24) is 9.88 Å². The molecule has 7 heteroatoms. The minimum atomic E-state index is -0.794. The number of Topliss-reactive ketones (excluding diaryl/α,β-unsaturated/α-hetero) is 1. The molecule has 1 fully saturated rings. The van der Waals surface area contributed by atoms with Crippen molar-refractivity contribution in [1.29, 1.82) is 0 Å². The van der Waals surface area contributed by atoms with Crippen LogP contribution in [0.3, 0.4) is 0 Å². The molecule has 0 aliphatic carbocycles. The molecule has 1 aliphatic heterocycles. The van der Waals surface area contributed by atoms with Crippen LogP contribution in [0.25, 0.3) is 16.7 Å². The van der Waals surface area contributed by atoms with E-state index in [2.05, 4.69) is 4.98 Å². The van der Waals surface area contributed by atoms with Gasteiger partial charge in [0.2, 0.25) is 0 Å². The monoisotopic (exact) mass is 496 g/mol. The van der Waals surface area contributed by atoms with Gasteiger partial charge in [0.25, 0.3) is 11.7 Å². The smallest absolute Gasteiger partial charge is 0.295 e. The van der Waals surface area contributed by atoms with Crippen molar-refractivity contribution >= 4 is 28.4 Å². The van der Waals surface area contributed by atoms with E-state index in [4.69, 9.17) is 9.47 Å². The Morgan fingerprint density at radius 2 is 1.76 bits per heavy atom. The largest absolute Gasteiger partial charge is 0.507 e. The number of para-hydroxylation sites is 1. The van der Waals surface area contributed by atoms with Crippen LogP contribution in [0.15, 0.2) is 78.5 Å². The number of rotatable bonds is 7. The van der Waals surface area contributed by atoms with Crippen molar-refractivity contribution in [2.45, 2.75) is 19.4 Å². The number of aryl methyl sites for hydroxylation is 1. The van der Waals surface area contributed by atoms with Gasteiger partial charge in [-0.25, -0.2) is 0 Å². The second-order valence-electron chi connectivity index (χ2n) is 9.08. The molecule has 188 valence electrons. The third kappa shape index (κ3) is 4.33. The third-order valence-corrected chi connectivity index (χ3v) is 6.90. The lowest BCUT2D eigenvalue weighted by Gasteiger charge is -2.26. The molecule has 0 spiro atoms. The number of likely N-dealkylation sites (tertiary alicyclic amines) is 1. The first-order valence-corrected chi connectivity index (χ1v) is 12.0. The lowest BCUT2D eigenvalue weighted by Crippen LogP contribution is -2.31. The van der Waals surface area contributed by atoms with Gasteiger partial charge in [-0.3, -0.25) is 9.59 Å². The SMILES string of the molecule is COc1ccc2[nH]cc(CCN3C(=O)C(=O)C(=C(O)c4ccc(C)cc4)[C@H]3c3ccccc3OC)c2c1. The molecule has 0 unspecified atom stereocenters. The summed E-state index contributed by atoms with van der Waals surface area (Å²) in [7, 11) is 3.17. The molecule has 1 amide bonds. The highest BCUT2D eigenvalue weighted by molar-refractivity contribution is 6.46. The fourth-order valence-corrected chi connectivity index (χ4v) is 4.93. The van der Waals surface area contributed by atoms with E-state index in [9.17, 15) is 14.7 Å². The van der Waals surface area contributed by atoms with Crippen LogP contribution < -0.4 is 9.47 Å². The average Bonchev–Trinajstić information content (AvgIpc) is 3.44. The van der Waals surface area contributed by atoms with Crippen molar-refractivity contribution in [3.63, 3.8) is 0 Å². The number of methoxy groups -OCH3 is 2. The number of hydrogen-bond acceptors (Lipinski definition) is 5. The first-order valence-electron chi connectivity index (χ1n) is 12.0. The summed E-state index contributed by atoms with van der Waals surface area (Å²) < 4.78 is 11.0. The Hall–Kier alpha value is -4.52. The summed E-state index contributed by atoms with van der Waals surface area (Å²) in [6, 6.07) is 19.4. The number of aromatic nitrogens is 1. The maximum Gasteiger partial charge on any atom is 0.295 e. The van der Waals surface area contributed by atoms with Gasteiger partial charge in [0.05, 0.1) is 25.8 Å². The van der Waals surface area contributed by atoms with Gasteiger partial charge in [-0.1, -0.05) is 48.0 Å². The van der Waals surface area contributed by atoms with E-state index in [1.54, 1.807) is 32.4 Å². The summed E-state index contributed by atoms with van der Waals surface area (Å²) in [4.78, 5) is 31.5. The van der Waals surface area contributed by atoms with E-state index in [1.165, 1.54) is 4.90 Å². The van der Waals surface area contributed by atoms with Crippen molar-refractivity contribution in [3.05, 3.63) is 101 Å². The normalized spacial score (nSPS) is 16.9. The molecule has 1 atom stereocenters. The highest BCUT2D eigenvalue weighted by Crippen LogP contribution is 2.42. The van der Waals surface area contributed by atoms with Crippen molar-refractivity contribution in [3.8, 4) is 11.5 Å². The second-order valence-corrected chi connectivity index (χ2v) is 9.08. The van der Waals surface area contributed by atoms with Crippen LogP contribution in [0.2, 0.25) is 0 Å². The molecule has 0 saturated carbocycles. The Labute approximate surface area is 214 Å². The minimum Gasteiger partial charge on any atom is -0.507 e. The predicted octanol–water partition coefficient (Wildman–Crippen LogP) is 5.16. The van der Waals surface area contributed by atoms with Gasteiger partial charge in [0.1, 0.15) is 17.3 Å². The zero-order valence-electron chi connectivity index (χ0n) is 20.9. The average molecular weight is 497 g/mol. The molecule has 1 saturated heterocycles. The van der Waals surface area contributed by atoms with E-state index >= 15 is 0 Å². The number of amides is 1. The number of aromatic amines is 1. The van der Waals surface area contributed by atoms with Crippen LogP contribution in [0.1, 0.15) is 28.3 Å². The lowest BCUT2D eigenvalue weighted by molar-refractivity contribution is -0.139.